The molecular formula is C15H17F3N2O. The maximum absolute atomic E-state index is 12.1. The molecule has 114 valence electrons. The summed E-state index contributed by atoms with van der Waals surface area (Å²) < 4.78 is 40.2. The first-order valence-electron chi connectivity index (χ1n) is 6.89. The molecule has 0 amide bonds. The first-order valence-corrected chi connectivity index (χ1v) is 6.89. The van der Waals surface area contributed by atoms with E-state index < -0.39 is 12.5 Å². The van der Waals surface area contributed by atoms with Crippen LogP contribution in [0, 0.1) is 6.57 Å². The van der Waals surface area contributed by atoms with E-state index in [2.05, 4.69) is 21.4 Å². The Hall–Kier alpha value is -1.74. The fraction of sp³-hybridized carbons (Fsp3) is 0.533. The highest BCUT2D eigenvalue weighted by molar-refractivity contribution is 5.30. The lowest BCUT2D eigenvalue weighted by Crippen LogP contribution is -2.39. The zero-order valence-corrected chi connectivity index (χ0v) is 11.7. The zero-order chi connectivity index (χ0) is 15.5. The van der Waals surface area contributed by atoms with E-state index in [4.69, 9.17) is 6.57 Å². The Morgan fingerprint density at radius 3 is 2.48 bits per heavy atom. The fourth-order valence-electron chi connectivity index (χ4n) is 2.67. The molecule has 1 aliphatic heterocycles. The van der Waals surface area contributed by atoms with Gasteiger partial charge in [-0.1, -0.05) is 6.42 Å². The minimum absolute atomic E-state index is 0.262. The number of halogens is 3. The number of ether oxygens (including phenoxy) is 1. The predicted molar refractivity (Wildman–Crippen MR) is 72.5 cm³/mol. The Morgan fingerprint density at radius 2 is 1.95 bits per heavy atom. The minimum atomic E-state index is -4.69. The van der Waals surface area contributed by atoms with Crippen molar-refractivity contribution in [3.8, 4) is 5.75 Å². The molecule has 2 rings (SSSR count). The van der Waals surface area contributed by atoms with Crippen LogP contribution in [-0.2, 0) is 0 Å². The predicted octanol–water partition coefficient (Wildman–Crippen LogP) is 4.38. The third-order valence-electron chi connectivity index (χ3n) is 3.70. The monoisotopic (exact) mass is 298 g/mol. The van der Waals surface area contributed by atoms with E-state index >= 15 is 0 Å². The number of hydrogen-bond acceptors (Lipinski definition) is 2. The Labute approximate surface area is 122 Å². The average Bonchev–Trinajstić information content (AvgIpc) is 2.42. The van der Waals surface area contributed by atoms with E-state index in [1.165, 1.54) is 24.3 Å². The van der Waals surface area contributed by atoms with Crippen molar-refractivity contribution in [3.63, 3.8) is 0 Å². The summed E-state index contributed by atoms with van der Waals surface area (Å²) in [4.78, 5) is 5.76. The van der Waals surface area contributed by atoms with Crippen molar-refractivity contribution in [2.45, 2.75) is 44.8 Å². The molecule has 21 heavy (non-hydrogen) atoms. The van der Waals surface area contributed by atoms with Crippen molar-refractivity contribution >= 4 is 0 Å². The van der Waals surface area contributed by atoms with Crippen molar-refractivity contribution < 1.29 is 17.9 Å². The molecule has 0 aromatic heterocycles. The largest absolute Gasteiger partial charge is 0.573 e. The normalized spacial score (nSPS) is 21.6. The number of benzene rings is 1. The Balaban J connectivity index is 2.14. The van der Waals surface area contributed by atoms with Crippen LogP contribution in [0.2, 0.25) is 0 Å². The van der Waals surface area contributed by atoms with Gasteiger partial charge in [0, 0.05) is 12.6 Å². The van der Waals surface area contributed by atoms with Gasteiger partial charge in [-0.2, -0.15) is 0 Å². The van der Waals surface area contributed by atoms with E-state index in [1.54, 1.807) is 0 Å². The van der Waals surface area contributed by atoms with Gasteiger partial charge >= 0.3 is 12.5 Å². The summed E-state index contributed by atoms with van der Waals surface area (Å²) in [5.41, 5.74) is 0.702. The average molecular weight is 298 g/mol. The lowest BCUT2D eigenvalue weighted by Gasteiger charge is -2.33. The van der Waals surface area contributed by atoms with Gasteiger partial charge in [0.1, 0.15) is 5.75 Å². The number of likely N-dealkylation sites (tertiary alicyclic amines) is 1. The molecule has 0 N–H and O–H groups in total. The molecule has 2 unspecified atom stereocenters. The SMILES string of the molecule is [C-]#[N+]C(c1ccc(OC(F)(F)F)cc1)N1CCCCC1C. The van der Waals surface area contributed by atoms with E-state index in [0.717, 1.165) is 25.8 Å². The van der Waals surface area contributed by atoms with Crippen LogP contribution in [0.4, 0.5) is 13.2 Å². The first kappa shape index (κ1) is 15.6. The topological polar surface area (TPSA) is 16.8 Å². The quantitative estimate of drug-likeness (QED) is 0.770. The summed E-state index contributed by atoms with van der Waals surface area (Å²) in [5.74, 6) is -0.262. The molecule has 1 aromatic rings. The molecule has 1 aromatic carbocycles. The molecule has 1 fully saturated rings. The minimum Gasteiger partial charge on any atom is -0.406 e. The molecule has 1 saturated heterocycles. The number of rotatable bonds is 3. The lowest BCUT2D eigenvalue weighted by atomic mass is 10.0. The highest BCUT2D eigenvalue weighted by Crippen LogP contribution is 2.31. The lowest BCUT2D eigenvalue weighted by molar-refractivity contribution is -0.274. The first-order chi connectivity index (χ1) is 9.90. The third-order valence-corrected chi connectivity index (χ3v) is 3.70. The molecule has 0 spiro atoms. The van der Waals surface area contributed by atoms with Crippen LogP contribution in [-0.4, -0.2) is 23.8 Å². The molecule has 0 saturated carbocycles. The van der Waals surface area contributed by atoms with E-state index in [1.807, 2.05) is 0 Å². The summed E-state index contributed by atoms with van der Waals surface area (Å²) in [7, 11) is 0. The van der Waals surface area contributed by atoms with E-state index in [-0.39, 0.29) is 5.75 Å². The molecule has 6 heteroatoms. The Morgan fingerprint density at radius 1 is 1.29 bits per heavy atom. The smallest absolute Gasteiger partial charge is 0.406 e. The van der Waals surface area contributed by atoms with Crippen molar-refractivity contribution in [3.05, 3.63) is 41.2 Å². The second kappa shape index (κ2) is 6.35. The molecule has 2 atom stereocenters. The number of hydrogen-bond donors (Lipinski definition) is 0. The summed E-state index contributed by atoms with van der Waals surface area (Å²) in [5, 5.41) is 0. The summed E-state index contributed by atoms with van der Waals surface area (Å²) in [6.45, 7) is 10.3. The summed E-state index contributed by atoms with van der Waals surface area (Å²) >= 11 is 0. The van der Waals surface area contributed by atoms with Crippen LogP contribution in [0.15, 0.2) is 24.3 Å². The van der Waals surface area contributed by atoms with E-state index in [9.17, 15) is 13.2 Å². The van der Waals surface area contributed by atoms with Crippen LogP contribution < -0.4 is 4.74 Å². The molecular weight excluding hydrogens is 281 g/mol. The van der Waals surface area contributed by atoms with Gasteiger partial charge in [0.25, 0.3) is 0 Å². The molecule has 0 radical (unpaired) electrons. The molecule has 1 aliphatic rings. The van der Waals surface area contributed by atoms with Gasteiger partial charge in [0.15, 0.2) is 0 Å². The van der Waals surface area contributed by atoms with Crippen LogP contribution in [0.1, 0.15) is 37.9 Å². The van der Waals surface area contributed by atoms with Gasteiger partial charge in [0.2, 0.25) is 0 Å². The summed E-state index contributed by atoms with van der Waals surface area (Å²) in [6.07, 6.45) is -1.89. The fourth-order valence-corrected chi connectivity index (χ4v) is 2.67. The zero-order valence-electron chi connectivity index (χ0n) is 11.7. The maximum Gasteiger partial charge on any atom is 0.573 e. The van der Waals surface area contributed by atoms with Crippen LogP contribution in [0.5, 0.6) is 5.75 Å². The number of piperidine rings is 1. The molecule has 3 nitrogen and oxygen atoms in total. The second-order valence-corrected chi connectivity index (χ2v) is 5.20. The second-order valence-electron chi connectivity index (χ2n) is 5.20. The van der Waals surface area contributed by atoms with Gasteiger partial charge in [0.05, 0.1) is 5.56 Å². The van der Waals surface area contributed by atoms with Gasteiger partial charge in [-0.15, -0.1) is 13.2 Å². The summed E-state index contributed by atoms with van der Waals surface area (Å²) in [6, 6.07) is 5.89. The maximum atomic E-state index is 12.1. The Kier molecular flexibility index (Phi) is 4.73. The highest BCUT2D eigenvalue weighted by Gasteiger charge is 2.33. The van der Waals surface area contributed by atoms with Gasteiger partial charge in [-0.25, -0.2) is 11.5 Å². The highest BCUT2D eigenvalue weighted by atomic mass is 19.4. The number of alkyl halides is 3. The van der Waals surface area contributed by atoms with Gasteiger partial charge < -0.3 is 4.74 Å². The standard InChI is InChI=1S/C15H17F3N2O/c1-11-5-3-4-10-20(11)14(19-2)12-6-8-13(9-7-12)21-15(16,17)18/h6-9,11,14H,3-5,10H2,1H3. The van der Waals surface area contributed by atoms with Crippen LogP contribution in [0.3, 0.4) is 0 Å². The van der Waals surface area contributed by atoms with Crippen LogP contribution >= 0.6 is 0 Å². The third kappa shape index (κ3) is 4.11. The number of nitrogens with zero attached hydrogens (tertiary/aromatic N) is 2. The van der Waals surface area contributed by atoms with Crippen molar-refractivity contribution in [2.24, 2.45) is 0 Å². The molecule has 1 heterocycles. The molecule has 0 bridgehead atoms. The Bertz CT molecular complexity index is 507. The van der Waals surface area contributed by atoms with Crippen molar-refractivity contribution in [1.82, 2.24) is 4.90 Å². The van der Waals surface area contributed by atoms with Crippen molar-refractivity contribution in [1.29, 1.82) is 0 Å². The molecule has 0 aliphatic carbocycles. The van der Waals surface area contributed by atoms with Gasteiger partial charge in [-0.3, -0.25) is 4.85 Å². The van der Waals surface area contributed by atoms with Crippen LogP contribution in [0.25, 0.3) is 4.85 Å². The van der Waals surface area contributed by atoms with Gasteiger partial charge in [-0.05, 0) is 44.0 Å². The van der Waals surface area contributed by atoms with Crippen molar-refractivity contribution in [2.75, 3.05) is 6.54 Å². The van der Waals surface area contributed by atoms with E-state index in [0.29, 0.717) is 11.6 Å².